The smallest absolute Gasteiger partial charge is 0.370 e. The molecule has 13 heteroatoms. The van der Waals surface area contributed by atoms with Crippen LogP contribution in [0.5, 0.6) is 0 Å². The number of benzene rings is 2. The Labute approximate surface area is 214 Å². The van der Waals surface area contributed by atoms with Gasteiger partial charge in [-0.05, 0) is 35.2 Å². The molecule has 1 aliphatic heterocycles. The minimum absolute atomic E-state index is 0.0149. The summed E-state index contributed by atoms with van der Waals surface area (Å²) in [6.45, 7) is 1.59. The standard InChI is InChI=1S/C24H27F3N4O4S2/c1-14-11-20(23(33)37(14,30)19(13-28)12-21(29)32)31-22(24(25,26)27)17-5-3-15(4-6-17)16-7-9-18(10-8-16)36(2,34)35/h3-10,14,19-20,22,31H,11-12,30H2,1-2H3,(H2,29,32)/t14?,19-,20-,22-/m0/s1. The van der Waals surface area contributed by atoms with Gasteiger partial charge in [0.15, 0.2) is 9.84 Å². The third-order valence-corrected chi connectivity index (χ3v) is 11.3. The van der Waals surface area contributed by atoms with Crippen LogP contribution in [0.15, 0.2) is 53.4 Å². The number of carbonyl (C=O) groups is 2. The number of nitrogens with one attached hydrogen (secondary N) is 1. The first-order valence-electron chi connectivity index (χ1n) is 11.1. The first kappa shape index (κ1) is 28.6. The van der Waals surface area contributed by atoms with E-state index in [4.69, 9.17) is 10.9 Å². The molecule has 5 N–H and O–H groups in total. The van der Waals surface area contributed by atoms with E-state index in [0.29, 0.717) is 11.1 Å². The zero-order chi connectivity index (χ0) is 27.8. The molecule has 2 unspecified atom stereocenters. The van der Waals surface area contributed by atoms with Crippen LogP contribution in [-0.4, -0.2) is 48.4 Å². The second kappa shape index (κ2) is 10.4. The van der Waals surface area contributed by atoms with Gasteiger partial charge in [-0.2, -0.15) is 18.4 Å². The molecule has 0 spiro atoms. The lowest BCUT2D eigenvalue weighted by molar-refractivity contribution is -0.160. The molecule has 0 bridgehead atoms. The van der Waals surface area contributed by atoms with Crippen LogP contribution in [-0.2, 0) is 19.4 Å². The van der Waals surface area contributed by atoms with Gasteiger partial charge in [-0.25, -0.2) is 8.42 Å². The Hall–Kier alpha value is -2.92. The maximum atomic E-state index is 14.1. The summed E-state index contributed by atoms with van der Waals surface area (Å²) < 4.78 is 65.5. The molecule has 0 radical (unpaired) electrons. The van der Waals surface area contributed by atoms with Crippen LogP contribution >= 0.6 is 10.2 Å². The summed E-state index contributed by atoms with van der Waals surface area (Å²) in [5.41, 5.74) is 6.23. The van der Waals surface area contributed by atoms with Gasteiger partial charge in [0.05, 0.1) is 23.4 Å². The summed E-state index contributed by atoms with van der Waals surface area (Å²) in [6, 6.07) is 9.87. The van der Waals surface area contributed by atoms with Crippen molar-refractivity contribution in [2.24, 2.45) is 10.9 Å². The number of nitriles is 1. The predicted octanol–water partition coefficient (Wildman–Crippen LogP) is 3.08. The molecule has 1 saturated heterocycles. The van der Waals surface area contributed by atoms with Gasteiger partial charge in [0.2, 0.25) is 11.0 Å². The summed E-state index contributed by atoms with van der Waals surface area (Å²) in [5, 5.41) is 15.7. The molecule has 2 aromatic rings. The highest BCUT2D eigenvalue weighted by Crippen LogP contribution is 2.58. The number of nitrogens with zero attached hydrogens (tertiary/aromatic N) is 1. The number of nitrogens with two attached hydrogens (primary N) is 2. The molecular formula is C24H27F3N4O4S2. The van der Waals surface area contributed by atoms with Gasteiger partial charge >= 0.3 is 6.18 Å². The van der Waals surface area contributed by atoms with Crippen LogP contribution in [0.1, 0.15) is 31.4 Å². The average molecular weight is 557 g/mol. The summed E-state index contributed by atoms with van der Waals surface area (Å²) in [7, 11) is -6.29. The van der Waals surface area contributed by atoms with E-state index in [2.05, 4.69) is 5.32 Å². The van der Waals surface area contributed by atoms with E-state index in [1.165, 1.54) is 36.4 Å². The van der Waals surface area contributed by atoms with Crippen LogP contribution < -0.4 is 16.2 Å². The number of alkyl halides is 3. The Morgan fingerprint density at radius 2 is 1.68 bits per heavy atom. The Balaban J connectivity index is 1.86. The highest BCUT2D eigenvalue weighted by Gasteiger charge is 2.53. The van der Waals surface area contributed by atoms with Crippen molar-refractivity contribution in [3.8, 4) is 17.2 Å². The van der Waals surface area contributed by atoms with Gasteiger partial charge < -0.3 is 5.73 Å². The van der Waals surface area contributed by atoms with Crippen molar-refractivity contribution < 1.29 is 31.2 Å². The van der Waals surface area contributed by atoms with Gasteiger partial charge in [0, 0.05) is 11.5 Å². The topological polar surface area (TPSA) is 156 Å². The van der Waals surface area contributed by atoms with Crippen LogP contribution in [0.2, 0.25) is 0 Å². The predicted molar refractivity (Wildman–Crippen MR) is 135 cm³/mol. The van der Waals surface area contributed by atoms with E-state index in [1.807, 2.05) is 6.07 Å². The molecule has 3 rings (SSSR count). The van der Waals surface area contributed by atoms with E-state index in [-0.39, 0.29) is 16.9 Å². The zero-order valence-electron chi connectivity index (χ0n) is 20.0. The number of primary amides is 1. The summed E-state index contributed by atoms with van der Waals surface area (Å²) in [5.74, 6) is -0.820. The third kappa shape index (κ3) is 5.98. The number of rotatable bonds is 8. The molecule has 200 valence electrons. The fourth-order valence-corrected chi connectivity index (χ4v) is 8.04. The fraction of sp³-hybridized carbons (Fsp3) is 0.375. The lowest BCUT2D eigenvalue weighted by atomic mass is 9.99. The number of amides is 1. The Morgan fingerprint density at radius 1 is 1.16 bits per heavy atom. The van der Waals surface area contributed by atoms with Crippen LogP contribution in [0.25, 0.3) is 11.1 Å². The number of sulfone groups is 1. The number of hydrogen-bond acceptors (Lipinski definition) is 7. The summed E-state index contributed by atoms with van der Waals surface area (Å²) in [4.78, 5) is 24.7. The maximum absolute atomic E-state index is 14.1. The van der Waals surface area contributed by atoms with Crippen molar-refractivity contribution in [1.29, 1.82) is 5.26 Å². The number of halogens is 3. The minimum Gasteiger partial charge on any atom is -0.370 e. The summed E-state index contributed by atoms with van der Waals surface area (Å²) >= 11 is 0. The van der Waals surface area contributed by atoms with Crippen molar-refractivity contribution in [3.63, 3.8) is 0 Å². The van der Waals surface area contributed by atoms with E-state index < -0.39 is 66.3 Å². The third-order valence-electron chi connectivity index (χ3n) is 6.42. The number of carbonyl (C=O) groups excluding carboxylic acids is 2. The minimum atomic E-state index is -4.75. The van der Waals surface area contributed by atoms with E-state index >= 15 is 0 Å². The molecule has 0 aliphatic carbocycles. The van der Waals surface area contributed by atoms with Gasteiger partial charge in [-0.15, -0.1) is 10.2 Å². The van der Waals surface area contributed by atoms with Gasteiger partial charge in [-0.1, -0.05) is 43.3 Å². The van der Waals surface area contributed by atoms with Crippen LogP contribution in [0.3, 0.4) is 0 Å². The van der Waals surface area contributed by atoms with Crippen molar-refractivity contribution in [3.05, 3.63) is 54.1 Å². The van der Waals surface area contributed by atoms with Crippen molar-refractivity contribution in [1.82, 2.24) is 5.32 Å². The molecule has 5 atom stereocenters. The lowest BCUT2D eigenvalue weighted by Crippen LogP contribution is -2.44. The van der Waals surface area contributed by atoms with Gasteiger partial charge in [-0.3, -0.25) is 20.0 Å². The van der Waals surface area contributed by atoms with Crippen LogP contribution in [0, 0.1) is 11.3 Å². The maximum Gasteiger partial charge on any atom is 0.407 e. The molecule has 0 saturated carbocycles. The van der Waals surface area contributed by atoms with Gasteiger partial charge in [0.25, 0.3) is 0 Å². The molecular weight excluding hydrogens is 529 g/mol. The Kier molecular flexibility index (Phi) is 8.09. The monoisotopic (exact) mass is 556 g/mol. The first-order valence-corrected chi connectivity index (χ1v) is 14.8. The summed E-state index contributed by atoms with van der Waals surface area (Å²) in [6.07, 6.45) is -4.13. The van der Waals surface area contributed by atoms with Gasteiger partial charge in [0.1, 0.15) is 11.3 Å². The molecule has 37 heavy (non-hydrogen) atoms. The molecule has 8 nitrogen and oxygen atoms in total. The quantitative estimate of drug-likeness (QED) is 0.451. The molecule has 1 aliphatic rings. The Bertz CT molecular complexity index is 1330. The van der Waals surface area contributed by atoms with Crippen molar-refractivity contribution in [2.45, 2.75) is 53.4 Å². The molecule has 1 amide bonds. The molecule has 1 heterocycles. The fourth-order valence-electron chi connectivity index (χ4n) is 4.39. The molecule has 0 aromatic heterocycles. The molecule has 1 fully saturated rings. The van der Waals surface area contributed by atoms with Crippen molar-refractivity contribution >= 4 is 31.1 Å². The zero-order valence-corrected chi connectivity index (χ0v) is 21.7. The molecule has 2 aromatic carbocycles. The average Bonchev–Trinajstić information content (AvgIpc) is 3.03. The second-order valence-corrected chi connectivity index (χ2v) is 14.3. The van der Waals surface area contributed by atoms with Crippen molar-refractivity contribution in [2.75, 3.05) is 6.26 Å². The first-order chi connectivity index (χ1) is 17.1. The lowest BCUT2D eigenvalue weighted by Gasteiger charge is -2.37. The van der Waals surface area contributed by atoms with E-state index in [1.54, 1.807) is 19.1 Å². The highest BCUT2D eigenvalue weighted by atomic mass is 32.3. The van der Waals surface area contributed by atoms with Crippen LogP contribution in [0.4, 0.5) is 13.2 Å². The Morgan fingerprint density at radius 3 is 2.11 bits per heavy atom. The normalized spacial score (nSPS) is 25.6. The second-order valence-electron chi connectivity index (χ2n) is 9.03. The van der Waals surface area contributed by atoms with E-state index in [9.17, 15) is 36.4 Å². The highest BCUT2D eigenvalue weighted by molar-refractivity contribution is 8.45. The van der Waals surface area contributed by atoms with E-state index in [0.717, 1.165) is 6.26 Å². The largest absolute Gasteiger partial charge is 0.407 e. The SMILES string of the molecule is CC1C[C@H](N[C@@H](c2ccc(-c3ccc(S(C)(=O)=O)cc3)cc2)C(F)(F)F)C(=O)S1(N)[C@H](C#N)CC(N)=O. The number of hydrogen-bond donors (Lipinski definition) is 3.